The zero-order valence-electron chi connectivity index (χ0n) is 16.8. The van der Waals surface area contributed by atoms with Crippen molar-refractivity contribution < 1.29 is 23.9 Å². The minimum absolute atomic E-state index is 0.112. The third-order valence-electron chi connectivity index (χ3n) is 4.84. The van der Waals surface area contributed by atoms with Gasteiger partial charge in [0.15, 0.2) is 0 Å². The van der Waals surface area contributed by atoms with E-state index < -0.39 is 17.8 Å². The summed E-state index contributed by atoms with van der Waals surface area (Å²) >= 11 is 0. The smallest absolute Gasteiger partial charge is 0.335 e. The molecule has 8 heteroatoms. The topological polar surface area (TPSA) is 89.9 Å². The van der Waals surface area contributed by atoms with E-state index in [1.807, 2.05) is 24.5 Å². The Morgan fingerprint density at radius 3 is 2.55 bits per heavy atom. The highest BCUT2D eigenvalue weighted by Crippen LogP contribution is 2.26. The fourth-order valence-electron chi connectivity index (χ4n) is 3.30. The summed E-state index contributed by atoms with van der Waals surface area (Å²) in [4.78, 5) is 38.7. The standard InChI is InChI=1S/C21H23N3O5/c1-13-10-15(14(2)23(13)8-9-28-3)11-18-19(25)22-21(27)24(20(18)26)16-6-5-7-17(12-16)29-4/h5-7,10-12H,8-9H2,1-4H3,(H,22,25,27)/b18-11+. The molecule has 1 saturated heterocycles. The maximum absolute atomic E-state index is 13.0. The van der Waals surface area contributed by atoms with Crippen molar-refractivity contribution in [3.05, 3.63) is 52.9 Å². The fourth-order valence-corrected chi connectivity index (χ4v) is 3.30. The second-order valence-corrected chi connectivity index (χ2v) is 6.63. The third kappa shape index (κ3) is 3.93. The van der Waals surface area contributed by atoms with E-state index in [0.29, 0.717) is 24.6 Å². The summed E-state index contributed by atoms with van der Waals surface area (Å²) in [6, 6.07) is 7.62. The molecule has 2 heterocycles. The Balaban J connectivity index is 2.00. The molecule has 1 aromatic heterocycles. The van der Waals surface area contributed by atoms with Crippen molar-refractivity contribution in [2.75, 3.05) is 25.7 Å². The summed E-state index contributed by atoms with van der Waals surface area (Å²) < 4.78 is 12.3. The molecule has 1 N–H and O–H groups in total. The first-order chi connectivity index (χ1) is 13.9. The van der Waals surface area contributed by atoms with Crippen LogP contribution in [0, 0.1) is 13.8 Å². The minimum atomic E-state index is -0.795. The van der Waals surface area contributed by atoms with E-state index in [4.69, 9.17) is 9.47 Å². The summed E-state index contributed by atoms with van der Waals surface area (Å²) in [7, 11) is 3.12. The third-order valence-corrected chi connectivity index (χ3v) is 4.84. The highest BCUT2D eigenvalue weighted by atomic mass is 16.5. The Bertz CT molecular complexity index is 1010. The van der Waals surface area contributed by atoms with Crippen LogP contribution >= 0.6 is 0 Å². The number of hydrogen-bond donors (Lipinski definition) is 1. The number of aryl methyl sites for hydroxylation is 1. The largest absolute Gasteiger partial charge is 0.497 e. The first-order valence-corrected chi connectivity index (χ1v) is 9.08. The van der Waals surface area contributed by atoms with Gasteiger partial charge in [0, 0.05) is 31.1 Å². The molecule has 0 radical (unpaired) electrons. The number of amides is 4. The molecule has 0 unspecified atom stereocenters. The number of carbonyl (C=O) groups excluding carboxylic acids is 3. The summed E-state index contributed by atoms with van der Waals surface area (Å²) in [5.74, 6) is -0.915. The van der Waals surface area contributed by atoms with Crippen LogP contribution < -0.4 is 15.0 Å². The molecule has 1 aliphatic heterocycles. The normalized spacial score (nSPS) is 15.8. The van der Waals surface area contributed by atoms with Crippen LogP contribution in [0.25, 0.3) is 6.08 Å². The van der Waals surface area contributed by atoms with Gasteiger partial charge in [-0.25, -0.2) is 9.69 Å². The number of anilines is 1. The van der Waals surface area contributed by atoms with Gasteiger partial charge in [-0.1, -0.05) is 6.07 Å². The highest BCUT2D eigenvalue weighted by Gasteiger charge is 2.37. The Hall–Kier alpha value is -3.39. The lowest BCUT2D eigenvalue weighted by molar-refractivity contribution is -0.122. The van der Waals surface area contributed by atoms with E-state index in [9.17, 15) is 14.4 Å². The van der Waals surface area contributed by atoms with Crippen molar-refractivity contribution in [2.24, 2.45) is 0 Å². The molecule has 1 fully saturated rings. The number of nitrogens with zero attached hydrogens (tertiary/aromatic N) is 2. The molecule has 0 aliphatic carbocycles. The van der Waals surface area contributed by atoms with Gasteiger partial charge in [-0.15, -0.1) is 0 Å². The Morgan fingerprint density at radius 1 is 1.10 bits per heavy atom. The van der Waals surface area contributed by atoms with Crippen LogP contribution in [0.4, 0.5) is 10.5 Å². The Labute approximate surface area is 168 Å². The monoisotopic (exact) mass is 397 g/mol. The van der Waals surface area contributed by atoms with Gasteiger partial charge >= 0.3 is 6.03 Å². The first kappa shape index (κ1) is 20.3. The van der Waals surface area contributed by atoms with Gasteiger partial charge in [-0.2, -0.15) is 0 Å². The van der Waals surface area contributed by atoms with Crippen LogP contribution in [0.15, 0.2) is 35.9 Å². The molecule has 8 nitrogen and oxygen atoms in total. The van der Waals surface area contributed by atoms with Gasteiger partial charge in [-0.3, -0.25) is 14.9 Å². The molecule has 0 saturated carbocycles. The van der Waals surface area contributed by atoms with Crippen LogP contribution in [0.5, 0.6) is 5.75 Å². The number of hydrogen-bond acceptors (Lipinski definition) is 5. The van der Waals surface area contributed by atoms with Crippen LogP contribution in [-0.4, -0.2) is 43.2 Å². The number of methoxy groups -OCH3 is 2. The van der Waals surface area contributed by atoms with Crippen molar-refractivity contribution >= 4 is 29.6 Å². The predicted octanol–water partition coefficient (Wildman–Crippen LogP) is 2.43. The fraction of sp³-hybridized carbons (Fsp3) is 0.286. The SMILES string of the molecule is COCCn1c(C)cc(/C=C2\C(=O)NC(=O)N(c3cccc(OC)c3)C2=O)c1C. The molecule has 1 aromatic carbocycles. The number of ether oxygens (including phenoxy) is 2. The van der Waals surface area contributed by atoms with Crippen molar-refractivity contribution in [1.82, 2.24) is 9.88 Å². The van der Waals surface area contributed by atoms with Gasteiger partial charge in [0.05, 0.1) is 19.4 Å². The second-order valence-electron chi connectivity index (χ2n) is 6.63. The van der Waals surface area contributed by atoms with Gasteiger partial charge in [0.2, 0.25) is 0 Å². The van der Waals surface area contributed by atoms with E-state index in [1.54, 1.807) is 31.4 Å². The summed E-state index contributed by atoms with van der Waals surface area (Å²) in [6.45, 7) is 5.06. The van der Waals surface area contributed by atoms with Crippen LogP contribution in [0.1, 0.15) is 17.0 Å². The van der Waals surface area contributed by atoms with Gasteiger partial charge in [-0.05, 0) is 43.7 Å². The minimum Gasteiger partial charge on any atom is -0.497 e. The quantitative estimate of drug-likeness (QED) is 0.597. The molecule has 152 valence electrons. The predicted molar refractivity (Wildman–Crippen MR) is 108 cm³/mol. The number of rotatable bonds is 6. The van der Waals surface area contributed by atoms with E-state index in [-0.39, 0.29) is 5.57 Å². The summed E-state index contributed by atoms with van der Waals surface area (Å²) in [6.07, 6.45) is 1.52. The lowest BCUT2D eigenvalue weighted by Crippen LogP contribution is -2.54. The number of benzene rings is 1. The molecular weight excluding hydrogens is 374 g/mol. The van der Waals surface area contributed by atoms with Crippen LogP contribution in [0.2, 0.25) is 0 Å². The molecule has 2 aromatic rings. The van der Waals surface area contributed by atoms with Crippen molar-refractivity contribution in [3.63, 3.8) is 0 Å². The lowest BCUT2D eigenvalue weighted by Gasteiger charge is -2.26. The molecule has 4 amide bonds. The van der Waals surface area contributed by atoms with E-state index in [0.717, 1.165) is 21.9 Å². The average Bonchev–Trinajstić information content (AvgIpc) is 2.96. The number of imide groups is 2. The van der Waals surface area contributed by atoms with E-state index in [1.165, 1.54) is 13.2 Å². The molecule has 1 aliphatic rings. The molecule has 0 spiro atoms. The zero-order chi connectivity index (χ0) is 21.1. The second kappa shape index (κ2) is 8.32. The number of carbonyl (C=O) groups is 3. The van der Waals surface area contributed by atoms with Crippen molar-refractivity contribution in [2.45, 2.75) is 20.4 Å². The Morgan fingerprint density at radius 2 is 1.86 bits per heavy atom. The summed E-state index contributed by atoms with van der Waals surface area (Å²) in [5, 5.41) is 2.23. The van der Waals surface area contributed by atoms with E-state index in [2.05, 4.69) is 5.32 Å². The molecule has 0 atom stereocenters. The summed E-state index contributed by atoms with van der Waals surface area (Å²) in [5.41, 5.74) is 2.82. The zero-order valence-corrected chi connectivity index (χ0v) is 16.8. The number of barbiturate groups is 1. The number of nitrogens with one attached hydrogen (secondary N) is 1. The maximum atomic E-state index is 13.0. The average molecular weight is 397 g/mol. The van der Waals surface area contributed by atoms with Gasteiger partial charge < -0.3 is 14.0 Å². The first-order valence-electron chi connectivity index (χ1n) is 9.08. The van der Waals surface area contributed by atoms with Crippen molar-refractivity contribution in [1.29, 1.82) is 0 Å². The molecule has 29 heavy (non-hydrogen) atoms. The molecule has 3 rings (SSSR count). The van der Waals surface area contributed by atoms with Crippen LogP contribution in [-0.2, 0) is 20.9 Å². The van der Waals surface area contributed by atoms with Crippen molar-refractivity contribution in [3.8, 4) is 5.75 Å². The lowest BCUT2D eigenvalue weighted by atomic mass is 10.1. The molecule has 0 bridgehead atoms. The van der Waals surface area contributed by atoms with E-state index >= 15 is 0 Å². The van der Waals surface area contributed by atoms with Crippen LogP contribution in [0.3, 0.4) is 0 Å². The van der Waals surface area contributed by atoms with Gasteiger partial charge in [0.25, 0.3) is 11.8 Å². The van der Waals surface area contributed by atoms with Gasteiger partial charge in [0.1, 0.15) is 11.3 Å². The Kier molecular flexibility index (Phi) is 5.84. The maximum Gasteiger partial charge on any atom is 0.335 e. The highest BCUT2D eigenvalue weighted by molar-refractivity contribution is 6.39. The number of urea groups is 1. The molecular formula is C21H23N3O5. The number of aromatic nitrogens is 1.